The van der Waals surface area contributed by atoms with Crippen LogP contribution in [0.5, 0.6) is 0 Å². The molecule has 1 heterocycles. The van der Waals surface area contributed by atoms with E-state index in [0.29, 0.717) is 13.0 Å². The fourth-order valence-electron chi connectivity index (χ4n) is 3.23. The van der Waals surface area contributed by atoms with Gasteiger partial charge in [-0.05, 0) is 19.3 Å². The lowest BCUT2D eigenvalue weighted by atomic mass is 9.68. The predicted octanol–water partition coefficient (Wildman–Crippen LogP) is 1.84. The van der Waals surface area contributed by atoms with Gasteiger partial charge >= 0.3 is 6.36 Å². The number of halogens is 3. The summed E-state index contributed by atoms with van der Waals surface area (Å²) in [4.78, 5) is 12.3. The maximum atomic E-state index is 12.3. The highest BCUT2D eigenvalue weighted by atomic mass is 19.4. The highest BCUT2D eigenvalue weighted by molar-refractivity contribution is 5.88. The van der Waals surface area contributed by atoms with Crippen molar-refractivity contribution in [2.75, 3.05) is 6.54 Å². The molecule has 0 spiro atoms. The number of ketones is 1. The first-order chi connectivity index (χ1) is 8.60. The zero-order chi connectivity index (χ0) is 14.4. The van der Waals surface area contributed by atoms with Crippen LogP contribution in [-0.4, -0.2) is 35.8 Å². The van der Waals surface area contributed by atoms with E-state index in [-0.39, 0.29) is 30.6 Å². The van der Waals surface area contributed by atoms with Crippen LogP contribution in [0.3, 0.4) is 0 Å². The molecule has 2 aliphatic rings. The van der Waals surface area contributed by atoms with Crippen molar-refractivity contribution >= 4 is 5.78 Å². The van der Waals surface area contributed by atoms with Crippen molar-refractivity contribution in [2.45, 2.75) is 51.6 Å². The summed E-state index contributed by atoms with van der Waals surface area (Å²) in [6.07, 6.45) is -4.73. The lowest BCUT2D eigenvalue weighted by Gasteiger charge is -2.48. The van der Waals surface area contributed by atoms with Gasteiger partial charge in [0.2, 0.25) is 0 Å². The minimum absolute atomic E-state index is 0.102. The van der Waals surface area contributed by atoms with E-state index < -0.39 is 17.9 Å². The SMILES string of the molecule is CC1(C)CN(N)C2CC(OC(F)(F)F)CCC2C1=O. The van der Waals surface area contributed by atoms with Gasteiger partial charge in [-0.15, -0.1) is 13.2 Å². The monoisotopic (exact) mass is 280 g/mol. The van der Waals surface area contributed by atoms with Crippen LogP contribution in [0.1, 0.15) is 33.1 Å². The first-order valence-corrected chi connectivity index (χ1v) is 6.40. The average Bonchev–Trinajstić information content (AvgIpc) is 2.23. The Labute approximate surface area is 110 Å². The summed E-state index contributed by atoms with van der Waals surface area (Å²) in [7, 11) is 0. The molecule has 0 bridgehead atoms. The van der Waals surface area contributed by atoms with Gasteiger partial charge in [0.05, 0.1) is 6.10 Å². The van der Waals surface area contributed by atoms with E-state index in [1.807, 2.05) is 13.8 Å². The molecule has 3 unspecified atom stereocenters. The van der Waals surface area contributed by atoms with Gasteiger partial charge in [-0.2, -0.15) is 0 Å². The second kappa shape index (κ2) is 4.71. The number of hydrazine groups is 1. The van der Waals surface area contributed by atoms with E-state index in [9.17, 15) is 18.0 Å². The molecule has 0 radical (unpaired) electrons. The molecule has 2 fully saturated rings. The van der Waals surface area contributed by atoms with Crippen molar-refractivity contribution in [3.8, 4) is 0 Å². The number of carbonyl (C=O) groups is 1. The summed E-state index contributed by atoms with van der Waals surface area (Å²) in [5.41, 5.74) is -0.534. The standard InChI is InChI=1S/C12H19F3N2O2/c1-11(2)6-17(16)9-5-7(19-12(13,14)15)3-4-8(9)10(11)18/h7-9H,3-6,16H2,1-2H3. The van der Waals surface area contributed by atoms with Gasteiger partial charge in [-0.3, -0.25) is 15.4 Å². The van der Waals surface area contributed by atoms with Crippen LogP contribution in [0, 0.1) is 11.3 Å². The van der Waals surface area contributed by atoms with Gasteiger partial charge < -0.3 is 0 Å². The van der Waals surface area contributed by atoms with Crippen LogP contribution in [-0.2, 0) is 9.53 Å². The number of hydrogen-bond donors (Lipinski definition) is 1. The van der Waals surface area contributed by atoms with Crippen LogP contribution in [0.4, 0.5) is 13.2 Å². The molecule has 4 nitrogen and oxygen atoms in total. The van der Waals surface area contributed by atoms with Gasteiger partial charge in [0, 0.05) is 23.9 Å². The lowest BCUT2D eigenvalue weighted by molar-refractivity contribution is -0.347. The molecular weight excluding hydrogens is 261 g/mol. The molecular formula is C12H19F3N2O2. The van der Waals surface area contributed by atoms with Gasteiger partial charge in [0.1, 0.15) is 5.78 Å². The highest BCUT2D eigenvalue weighted by Crippen LogP contribution is 2.40. The number of Topliss-reactive ketones (excluding diaryl/α,β-unsaturated/α-hetero) is 1. The molecule has 0 aromatic carbocycles. The number of fused-ring (bicyclic) bond motifs is 1. The number of nitrogens with two attached hydrogens (primary N) is 1. The first-order valence-electron chi connectivity index (χ1n) is 6.40. The van der Waals surface area contributed by atoms with Crippen molar-refractivity contribution in [3.63, 3.8) is 0 Å². The summed E-state index contributed by atoms with van der Waals surface area (Å²) >= 11 is 0. The van der Waals surface area contributed by atoms with Crippen LogP contribution < -0.4 is 5.84 Å². The summed E-state index contributed by atoms with van der Waals surface area (Å²) in [6, 6.07) is -0.346. The van der Waals surface area contributed by atoms with E-state index >= 15 is 0 Å². The summed E-state index contributed by atoms with van der Waals surface area (Å²) in [6.45, 7) is 4.01. The maximum Gasteiger partial charge on any atom is 0.522 e. The third kappa shape index (κ3) is 3.09. The quantitative estimate of drug-likeness (QED) is 0.745. The van der Waals surface area contributed by atoms with Gasteiger partial charge in [-0.25, -0.2) is 5.01 Å². The molecule has 0 aromatic rings. The first kappa shape index (κ1) is 14.7. The summed E-state index contributed by atoms with van der Waals surface area (Å²) in [5.74, 6) is 5.72. The second-order valence-corrected chi connectivity index (χ2v) is 6.09. The topological polar surface area (TPSA) is 55.6 Å². The van der Waals surface area contributed by atoms with E-state index in [1.54, 1.807) is 0 Å². The Balaban J connectivity index is 2.07. The van der Waals surface area contributed by atoms with Crippen molar-refractivity contribution in [1.29, 1.82) is 0 Å². The lowest BCUT2D eigenvalue weighted by Crippen LogP contribution is -2.62. The third-order valence-electron chi connectivity index (χ3n) is 4.08. The molecule has 19 heavy (non-hydrogen) atoms. The van der Waals surface area contributed by atoms with E-state index in [4.69, 9.17) is 5.84 Å². The molecule has 7 heteroatoms. The zero-order valence-corrected chi connectivity index (χ0v) is 11.0. The Hall–Kier alpha value is -0.660. The van der Waals surface area contributed by atoms with Crippen molar-refractivity contribution in [3.05, 3.63) is 0 Å². The molecule has 2 N–H and O–H groups in total. The van der Waals surface area contributed by atoms with Crippen molar-refractivity contribution in [2.24, 2.45) is 17.2 Å². The van der Waals surface area contributed by atoms with Crippen LogP contribution in [0.25, 0.3) is 0 Å². The van der Waals surface area contributed by atoms with E-state index in [2.05, 4.69) is 4.74 Å². The minimum Gasteiger partial charge on any atom is -0.299 e. The third-order valence-corrected chi connectivity index (χ3v) is 4.08. The average molecular weight is 280 g/mol. The molecule has 3 atom stereocenters. The van der Waals surface area contributed by atoms with Crippen molar-refractivity contribution in [1.82, 2.24) is 5.01 Å². The molecule has 0 aromatic heterocycles. The molecule has 1 aliphatic heterocycles. The van der Waals surface area contributed by atoms with Crippen LogP contribution in [0.15, 0.2) is 0 Å². The Kier molecular flexibility index (Phi) is 3.66. The fourth-order valence-corrected chi connectivity index (χ4v) is 3.23. The van der Waals surface area contributed by atoms with E-state index in [0.717, 1.165) is 0 Å². The van der Waals surface area contributed by atoms with Crippen LogP contribution in [0.2, 0.25) is 0 Å². The van der Waals surface area contributed by atoms with Gasteiger partial charge in [0.15, 0.2) is 0 Å². The number of hydrogen-bond acceptors (Lipinski definition) is 4. The molecule has 1 saturated carbocycles. The van der Waals surface area contributed by atoms with Gasteiger partial charge in [0.25, 0.3) is 0 Å². The Morgan fingerprint density at radius 1 is 1.37 bits per heavy atom. The summed E-state index contributed by atoms with van der Waals surface area (Å²) in [5, 5.41) is 1.51. The zero-order valence-electron chi connectivity index (χ0n) is 11.0. The molecule has 0 amide bonds. The summed E-state index contributed by atoms with van der Waals surface area (Å²) < 4.78 is 40.8. The molecule has 2 rings (SSSR count). The normalized spacial score (nSPS) is 36.1. The number of alkyl halides is 3. The number of rotatable bonds is 1. The number of nitrogens with zero attached hydrogens (tertiary/aromatic N) is 1. The van der Waals surface area contributed by atoms with Crippen molar-refractivity contribution < 1.29 is 22.7 Å². The van der Waals surface area contributed by atoms with E-state index in [1.165, 1.54) is 5.01 Å². The Bertz CT molecular complexity index is 370. The highest BCUT2D eigenvalue weighted by Gasteiger charge is 2.49. The number of ether oxygens (including phenoxy) is 1. The maximum absolute atomic E-state index is 12.3. The largest absolute Gasteiger partial charge is 0.522 e. The molecule has 110 valence electrons. The molecule has 1 aliphatic carbocycles. The predicted molar refractivity (Wildman–Crippen MR) is 61.7 cm³/mol. The number of carbonyl (C=O) groups excluding carboxylic acids is 1. The second-order valence-electron chi connectivity index (χ2n) is 6.09. The number of piperidine rings is 1. The fraction of sp³-hybridized carbons (Fsp3) is 0.917. The Morgan fingerprint density at radius 2 is 2.00 bits per heavy atom. The smallest absolute Gasteiger partial charge is 0.299 e. The van der Waals surface area contributed by atoms with Gasteiger partial charge in [-0.1, -0.05) is 13.8 Å². The van der Waals surface area contributed by atoms with Crippen LogP contribution >= 0.6 is 0 Å². The molecule has 1 saturated heterocycles. The minimum atomic E-state index is -4.63. The Morgan fingerprint density at radius 3 is 2.58 bits per heavy atom.